The van der Waals surface area contributed by atoms with E-state index >= 15 is 0 Å². The highest BCUT2D eigenvalue weighted by molar-refractivity contribution is 5.68. The minimum absolute atomic E-state index is 0.0346. The lowest BCUT2D eigenvalue weighted by molar-refractivity contribution is -0.0332. The van der Waals surface area contributed by atoms with Crippen molar-refractivity contribution < 1.29 is 18.8 Å². The zero-order valence-corrected chi connectivity index (χ0v) is 19.3. The van der Waals surface area contributed by atoms with Gasteiger partial charge in [0.15, 0.2) is 0 Å². The monoisotopic (exact) mass is 442 g/mol. The van der Waals surface area contributed by atoms with E-state index in [4.69, 9.17) is 14.0 Å². The topological polar surface area (TPSA) is 90.6 Å². The van der Waals surface area contributed by atoms with E-state index in [1.807, 2.05) is 17.0 Å². The Balaban J connectivity index is 1.22. The molecule has 8 heteroatoms. The van der Waals surface area contributed by atoms with Crippen molar-refractivity contribution in [3.63, 3.8) is 0 Å². The van der Waals surface area contributed by atoms with Crippen molar-refractivity contribution in [1.82, 2.24) is 20.0 Å². The average molecular weight is 443 g/mol. The highest BCUT2D eigenvalue weighted by atomic mass is 16.6. The summed E-state index contributed by atoms with van der Waals surface area (Å²) in [4.78, 5) is 23.0. The normalized spacial score (nSPS) is 24.6. The number of hydrogen-bond acceptors (Lipinski definition) is 7. The first-order chi connectivity index (χ1) is 15.5. The number of ether oxygens (including phenoxy) is 2. The average Bonchev–Trinajstić information content (AvgIpc) is 3.27. The number of carbonyl (C=O) groups excluding carboxylic acids is 1. The summed E-state index contributed by atoms with van der Waals surface area (Å²) in [6.45, 7) is 8.27. The molecule has 0 unspecified atom stereocenters. The molecule has 2 fully saturated rings. The van der Waals surface area contributed by atoms with Crippen molar-refractivity contribution >= 4 is 6.09 Å². The Morgan fingerprint density at radius 2 is 1.94 bits per heavy atom. The SMILES string of the molecule is CC(C)[C@@H]1CC[C@@H](C)C[C@@H]1OC(=O)N1CCC(OCc2nc(-c3ccncc3)no2)CC1. The van der Waals surface area contributed by atoms with Crippen LogP contribution in [0.4, 0.5) is 4.79 Å². The maximum Gasteiger partial charge on any atom is 0.410 e. The van der Waals surface area contributed by atoms with Crippen LogP contribution in [0.5, 0.6) is 0 Å². The first-order valence-corrected chi connectivity index (χ1v) is 11.8. The van der Waals surface area contributed by atoms with Crippen LogP contribution in [-0.2, 0) is 16.1 Å². The smallest absolute Gasteiger partial charge is 0.410 e. The number of pyridine rings is 1. The van der Waals surface area contributed by atoms with Gasteiger partial charge in [0, 0.05) is 31.0 Å². The van der Waals surface area contributed by atoms with Crippen molar-refractivity contribution in [1.29, 1.82) is 0 Å². The van der Waals surface area contributed by atoms with Gasteiger partial charge in [-0.25, -0.2) is 4.79 Å². The molecule has 0 spiro atoms. The zero-order chi connectivity index (χ0) is 22.5. The van der Waals surface area contributed by atoms with Crippen LogP contribution >= 0.6 is 0 Å². The predicted molar refractivity (Wildman–Crippen MR) is 119 cm³/mol. The molecule has 8 nitrogen and oxygen atoms in total. The summed E-state index contributed by atoms with van der Waals surface area (Å²) in [6.07, 6.45) is 8.20. The van der Waals surface area contributed by atoms with Crippen LogP contribution < -0.4 is 0 Å². The van der Waals surface area contributed by atoms with Crippen molar-refractivity contribution in [3.05, 3.63) is 30.4 Å². The minimum atomic E-state index is -0.174. The molecule has 174 valence electrons. The summed E-state index contributed by atoms with van der Waals surface area (Å²) < 4.78 is 17.3. The molecule has 0 aromatic carbocycles. The van der Waals surface area contributed by atoms with Crippen LogP contribution in [0, 0.1) is 17.8 Å². The fourth-order valence-corrected chi connectivity index (χ4v) is 4.78. The molecule has 3 heterocycles. The molecule has 3 atom stereocenters. The summed E-state index contributed by atoms with van der Waals surface area (Å²) in [6, 6.07) is 3.67. The molecule has 0 bridgehead atoms. The van der Waals surface area contributed by atoms with E-state index in [2.05, 4.69) is 35.9 Å². The Bertz CT molecular complexity index is 864. The summed E-state index contributed by atoms with van der Waals surface area (Å²) >= 11 is 0. The Labute approximate surface area is 189 Å². The van der Waals surface area contributed by atoms with Gasteiger partial charge in [0.1, 0.15) is 12.7 Å². The Hall–Kier alpha value is -2.48. The summed E-state index contributed by atoms with van der Waals surface area (Å²) in [5.41, 5.74) is 0.855. The molecule has 0 radical (unpaired) electrons. The summed E-state index contributed by atoms with van der Waals surface area (Å²) in [7, 11) is 0. The lowest BCUT2D eigenvalue weighted by atomic mass is 9.75. The summed E-state index contributed by atoms with van der Waals surface area (Å²) in [5, 5.41) is 4.00. The first kappa shape index (κ1) is 22.7. The third-order valence-electron chi connectivity index (χ3n) is 6.76. The quantitative estimate of drug-likeness (QED) is 0.640. The highest BCUT2D eigenvalue weighted by Gasteiger charge is 2.35. The second-order valence-electron chi connectivity index (χ2n) is 9.49. The fourth-order valence-electron chi connectivity index (χ4n) is 4.78. The number of amides is 1. The van der Waals surface area contributed by atoms with E-state index < -0.39 is 0 Å². The van der Waals surface area contributed by atoms with Gasteiger partial charge < -0.3 is 18.9 Å². The molecular formula is C24H34N4O4. The van der Waals surface area contributed by atoms with Crippen LogP contribution in [0.3, 0.4) is 0 Å². The van der Waals surface area contributed by atoms with Gasteiger partial charge in [-0.15, -0.1) is 0 Å². The first-order valence-electron chi connectivity index (χ1n) is 11.8. The standard InChI is InChI=1S/C24H34N4O4/c1-16(2)20-5-4-17(3)14-21(20)31-24(29)28-12-8-19(9-13-28)30-15-22-26-23(27-32-22)18-6-10-25-11-7-18/h6-7,10-11,16-17,19-21H,4-5,8-9,12-15H2,1-3H3/t17-,20+,21+/m1/s1. The van der Waals surface area contributed by atoms with Gasteiger partial charge in [-0.3, -0.25) is 4.98 Å². The van der Waals surface area contributed by atoms with Crippen LogP contribution in [0.1, 0.15) is 58.8 Å². The molecule has 1 aliphatic heterocycles. The molecular weight excluding hydrogens is 408 g/mol. The zero-order valence-electron chi connectivity index (χ0n) is 19.3. The number of aromatic nitrogens is 3. The van der Waals surface area contributed by atoms with Crippen LogP contribution in [0.15, 0.2) is 29.0 Å². The maximum atomic E-state index is 12.8. The van der Waals surface area contributed by atoms with Gasteiger partial charge in [-0.2, -0.15) is 4.98 Å². The van der Waals surface area contributed by atoms with E-state index in [9.17, 15) is 4.79 Å². The van der Waals surface area contributed by atoms with Crippen molar-refractivity contribution in [3.8, 4) is 11.4 Å². The lowest BCUT2D eigenvalue weighted by Crippen LogP contribution is -2.44. The van der Waals surface area contributed by atoms with Gasteiger partial charge in [0.05, 0.1) is 6.10 Å². The van der Waals surface area contributed by atoms with Crippen molar-refractivity contribution in [2.24, 2.45) is 17.8 Å². The van der Waals surface area contributed by atoms with E-state index in [0.29, 0.717) is 42.6 Å². The summed E-state index contributed by atoms with van der Waals surface area (Å²) in [5.74, 6) is 2.58. The van der Waals surface area contributed by atoms with Crippen LogP contribution in [0.2, 0.25) is 0 Å². The largest absolute Gasteiger partial charge is 0.446 e. The van der Waals surface area contributed by atoms with Gasteiger partial charge in [-0.05, 0) is 55.6 Å². The molecule has 1 saturated heterocycles. The highest BCUT2D eigenvalue weighted by Crippen LogP contribution is 2.35. The molecule has 4 rings (SSSR count). The number of hydrogen-bond donors (Lipinski definition) is 0. The lowest BCUT2D eigenvalue weighted by Gasteiger charge is -2.38. The predicted octanol–water partition coefficient (Wildman–Crippen LogP) is 4.71. The molecule has 2 aliphatic rings. The third kappa shape index (κ3) is 5.65. The third-order valence-corrected chi connectivity index (χ3v) is 6.76. The molecule has 32 heavy (non-hydrogen) atoms. The van der Waals surface area contributed by atoms with Crippen molar-refractivity contribution in [2.45, 2.75) is 71.7 Å². The molecule has 1 amide bonds. The number of likely N-dealkylation sites (tertiary alicyclic amines) is 1. The second-order valence-corrected chi connectivity index (χ2v) is 9.49. The Kier molecular flexibility index (Phi) is 7.40. The van der Waals surface area contributed by atoms with E-state index in [-0.39, 0.29) is 24.9 Å². The Morgan fingerprint density at radius 1 is 1.19 bits per heavy atom. The van der Waals surface area contributed by atoms with Crippen LogP contribution in [0.25, 0.3) is 11.4 Å². The van der Waals surface area contributed by atoms with Gasteiger partial charge in [0.25, 0.3) is 5.89 Å². The van der Waals surface area contributed by atoms with Gasteiger partial charge >= 0.3 is 6.09 Å². The number of carbonyl (C=O) groups is 1. The molecule has 2 aromatic rings. The molecule has 1 aliphatic carbocycles. The van der Waals surface area contributed by atoms with E-state index in [1.54, 1.807) is 12.4 Å². The van der Waals surface area contributed by atoms with Crippen LogP contribution in [-0.4, -0.2) is 51.4 Å². The molecule has 0 N–H and O–H groups in total. The fraction of sp³-hybridized carbons (Fsp3) is 0.667. The minimum Gasteiger partial charge on any atom is -0.446 e. The molecule has 2 aromatic heterocycles. The Morgan fingerprint density at radius 3 is 2.66 bits per heavy atom. The molecule has 1 saturated carbocycles. The second kappa shape index (κ2) is 10.4. The number of rotatable bonds is 6. The number of piperidine rings is 1. The van der Waals surface area contributed by atoms with E-state index in [1.165, 1.54) is 6.42 Å². The number of nitrogens with zero attached hydrogens (tertiary/aromatic N) is 4. The van der Waals surface area contributed by atoms with Crippen molar-refractivity contribution in [2.75, 3.05) is 13.1 Å². The van der Waals surface area contributed by atoms with Gasteiger partial charge in [-0.1, -0.05) is 32.3 Å². The maximum absolute atomic E-state index is 12.8. The van der Waals surface area contributed by atoms with E-state index in [0.717, 1.165) is 31.2 Å². The van der Waals surface area contributed by atoms with Gasteiger partial charge in [0.2, 0.25) is 5.82 Å².